The summed E-state index contributed by atoms with van der Waals surface area (Å²) in [6, 6.07) is 11.4. The van der Waals surface area contributed by atoms with Gasteiger partial charge in [0.05, 0.1) is 12.7 Å². The third-order valence-electron chi connectivity index (χ3n) is 4.93. The molecule has 0 aliphatic rings. The first kappa shape index (κ1) is 18.9. The molecule has 0 spiro atoms. The third-order valence-corrected chi connectivity index (χ3v) is 4.93. The molecule has 1 atom stereocenters. The zero-order chi connectivity index (χ0) is 19.6. The molecule has 4 nitrogen and oxygen atoms in total. The number of benzene rings is 2. The molecule has 0 aliphatic heterocycles. The Morgan fingerprint density at radius 3 is 2.41 bits per heavy atom. The molecule has 4 heteroatoms. The molecule has 0 amide bonds. The van der Waals surface area contributed by atoms with Crippen molar-refractivity contribution in [1.82, 2.24) is 0 Å². The second-order valence-corrected chi connectivity index (χ2v) is 6.92. The van der Waals surface area contributed by atoms with Crippen molar-refractivity contribution in [2.45, 2.75) is 46.6 Å². The van der Waals surface area contributed by atoms with Gasteiger partial charge in [0.1, 0.15) is 5.58 Å². The normalized spacial score (nSPS) is 12.1. The molecule has 0 unspecified atom stereocenters. The summed E-state index contributed by atoms with van der Waals surface area (Å²) in [5.74, 6) is -0.642. The minimum absolute atomic E-state index is 0.0713. The SMILES string of the molecule is CCc1ccc(C(=O)[C@H](C)OC(=O)Cc2coc3cc(C)c(C)cc23)cc1. The number of carbonyl (C=O) groups is 2. The fourth-order valence-electron chi connectivity index (χ4n) is 3.06. The van der Waals surface area contributed by atoms with E-state index >= 15 is 0 Å². The molecule has 0 saturated heterocycles. The summed E-state index contributed by atoms with van der Waals surface area (Å²) in [6.07, 6.45) is 1.74. The standard InChI is InChI=1S/C23H24O4/c1-5-17-6-8-18(9-7-17)23(25)16(4)27-22(24)12-19-13-26-21-11-15(3)14(2)10-20(19)21/h6-11,13,16H,5,12H2,1-4H3/t16-/m0/s1. The molecule has 1 heterocycles. The Bertz CT molecular complexity index is 980. The Hall–Kier alpha value is -2.88. The third kappa shape index (κ3) is 4.11. The van der Waals surface area contributed by atoms with Gasteiger partial charge < -0.3 is 9.15 Å². The van der Waals surface area contributed by atoms with Crippen LogP contribution in [0.25, 0.3) is 11.0 Å². The Morgan fingerprint density at radius 2 is 1.74 bits per heavy atom. The molecular weight excluding hydrogens is 340 g/mol. The number of fused-ring (bicyclic) bond motifs is 1. The van der Waals surface area contributed by atoms with Gasteiger partial charge in [-0.15, -0.1) is 0 Å². The molecule has 0 aliphatic carbocycles. The van der Waals surface area contributed by atoms with Gasteiger partial charge in [0.25, 0.3) is 0 Å². The summed E-state index contributed by atoms with van der Waals surface area (Å²) < 4.78 is 10.9. The van der Waals surface area contributed by atoms with Crippen LogP contribution in [0.4, 0.5) is 0 Å². The van der Waals surface area contributed by atoms with Gasteiger partial charge in [-0.05, 0) is 56.0 Å². The van der Waals surface area contributed by atoms with Gasteiger partial charge >= 0.3 is 5.97 Å². The molecule has 140 valence electrons. The van der Waals surface area contributed by atoms with Crippen LogP contribution in [-0.2, 0) is 22.4 Å². The lowest BCUT2D eigenvalue weighted by Crippen LogP contribution is -2.25. The zero-order valence-electron chi connectivity index (χ0n) is 16.2. The summed E-state index contributed by atoms with van der Waals surface area (Å²) in [5, 5.41) is 0.907. The minimum Gasteiger partial charge on any atom is -0.464 e. The lowest BCUT2D eigenvalue weighted by molar-refractivity contribution is -0.145. The van der Waals surface area contributed by atoms with Crippen LogP contribution in [0.15, 0.2) is 47.1 Å². The quantitative estimate of drug-likeness (QED) is 0.458. The average molecular weight is 364 g/mol. The first-order chi connectivity index (χ1) is 12.9. The number of carbonyl (C=O) groups excluding carboxylic acids is 2. The van der Waals surface area contributed by atoms with Gasteiger partial charge in [-0.3, -0.25) is 9.59 Å². The Kier molecular flexibility index (Phi) is 5.45. The van der Waals surface area contributed by atoms with E-state index in [4.69, 9.17) is 9.15 Å². The van der Waals surface area contributed by atoms with E-state index in [1.54, 1.807) is 25.3 Å². The summed E-state index contributed by atoms with van der Waals surface area (Å²) in [5.41, 5.74) is 5.50. The lowest BCUT2D eigenvalue weighted by Gasteiger charge is -2.12. The summed E-state index contributed by atoms with van der Waals surface area (Å²) in [6.45, 7) is 7.71. The maximum absolute atomic E-state index is 12.5. The van der Waals surface area contributed by atoms with Gasteiger partial charge in [0.15, 0.2) is 6.10 Å². The number of furan rings is 1. The van der Waals surface area contributed by atoms with Crippen LogP contribution in [0.1, 0.15) is 46.5 Å². The second kappa shape index (κ2) is 7.78. The van der Waals surface area contributed by atoms with Crippen LogP contribution in [0, 0.1) is 13.8 Å². The number of ketones is 1. The summed E-state index contributed by atoms with van der Waals surface area (Å²) in [4.78, 5) is 24.8. The van der Waals surface area contributed by atoms with Crippen LogP contribution in [0.3, 0.4) is 0 Å². The highest BCUT2D eigenvalue weighted by molar-refractivity contribution is 6.00. The van der Waals surface area contributed by atoms with Crippen molar-refractivity contribution in [3.05, 3.63) is 70.5 Å². The fraction of sp³-hybridized carbons (Fsp3) is 0.304. The van der Waals surface area contributed by atoms with Crippen LogP contribution < -0.4 is 0 Å². The van der Waals surface area contributed by atoms with E-state index in [0.29, 0.717) is 5.56 Å². The number of hydrogen-bond donors (Lipinski definition) is 0. The van der Waals surface area contributed by atoms with E-state index in [9.17, 15) is 9.59 Å². The molecular formula is C23H24O4. The van der Waals surface area contributed by atoms with Gasteiger partial charge in [0, 0.05) is 16.5 Å². The average Bonchev–Trinajstić information content (AvgIpc) is 3.03. The van der Waals surface area contributed by atoms with E-state index in [2.05, 4.69) is 6.92 Å². The van der Waals surface area contributed by atoms with Crippen molar-refractivity contribution < 1.29 is 18.7 Å². The minimum atomic E-state index is -0.827. The van der Waals surface area contributed by atoms with E-state index in [1.165, 1.54) is 0 Å². The smallest absolute Gasteiger partial charge is 0.311 e. The topological polar surface area (TPSA) is 56.5 Å². The molecule has 1 aromatic heterocycles. The van der Waals surface area contributed by atoms with Crippen LogP contribution >= 0.6 is 0 Å². The van der Waals surface area contributed by atoms with Gasteiger partial charge in [0.2, 0.25) is 5.78 Å². The number of aryl methyl sites for hydroxylation is 3. The molecule has 3 aromatic rings. The van der Waals surface area contributed by atoms with Crippen molar-refractivity contribution in [2.75, 3.05) is 0 Å². The summed E-state index contributed by atoms with van der Waals surface area (Å²) >= 11 is 0. The van der Waals surface area contributed by atoms with Crippen molar-refractivity contribution >= 4 is 22.7 Å². The Balaban J connectivity index is 1.68. The first-order valence-corrected chi connectivity index (χ1v) is 9.19. The number of esters is 1. The Labute approximate surface area is 159 Å². The van der Waals surface area contributed by atoms with Crippen molar-refractivity contribution in [2.24, 2.45) is 0 Å². The van der Waals surface area contributed by atoms with Gasteiger partial charge in [-0.25, -0.2) is 0 Å². The molecule has 2 aromatic carbocycles. The van der Waals surface area contributed by atoms with E-state index < -0.39 is 12.1 Å². The highest BCUT2D eigenvalue weighted by Gasteiger charge is 2.21. The molecule has 0 N–H and O–H groups in total. The van der Waals surface area contributed by atoms with E-state index in [-0.39, 0.29) is 12.2 Å². The maximum atomic E-state index is 12.5. The number of ether oxygens (including phenoxy) is 1. The number of rotatable bonds is 6. The second-order valence-electron chi connectivity index (χ2n) is 6.92. The Morgan fingerprint density at radius 1 is 1.07 bits per heavy atom. The largest absolute Gasteiger partial charge is 0.464 e. The zero-order valence-corrected chi connectivity index (χ0v) is 16.2. The lowest BCUT2D eigenvalue weighted by atomic mass is 10.0. The molecule has 0 saturated carbocycles. The monoisotopic (exact) mass is 364 g/mol. The maximum Gasteiger partial charge on any atom is 0.311 e. The van der Waals surface area contributed by atoms with Crippen molar-refractivity contribution in [3.63, 3.8) is 0 Å². The highest BCUT2D eigenvalue weighted by Crippen LogP contribution is 2.25. The summed E-state index contributed by atoms with van der Waals surface area (Å²) in [7, 11) is 0. The molecule has 0 radical (unpaired) electrons. The van der Waals surface area contributed by atoms with Crippen molar-refractivity contribution in [1.29, 1.82) is 0 Å². The molecule has 27 heavy (non-hydrogen) atoms. The van der Waals surface area contributed by atoms with Crippen LogP contribution in [0.5, 0.6) is 0 Å². The van der Waals surface area contributed by atoms with Crippen molar-refractivity contribution in [3.8, 4) is 0 Å². The van der Waals surface area contributed by atoms with Gasteiger partial charge in [-0.2, -0.15) is 0 Å². The highest BCUT2D eigenvalue weighted by atomic mass is 16.5. The van der Waals surface area contributed by atoms with Crippen LogP contribution in [-0.4, -0.2) is 17.9 Å². The van der Waals surface area contributed by atoms with E-state index in [0.717, 1.165) is 39.6 Å². The van der Waals surface area contributed by atoms with E-state index in [1.807, 2.05) is 38.1 Å². The number of hydrogen-bond acceptors (Lipinski definition) is 4. The fourth-order valence-corrected chi connectivity index (χ4v) is 3.06. The predicted molar refractivity (Wildman–Crippen MR) is 105 cm³/mol. The van der Waals surface area contributed by atoms with Gasteiger partial charge in [-0.1, -0.05) is 31.2 Å². The van der Waals surface area contributed by atoms with Crippen LogP contribution in [0.2, 0.25) is 0 Å². The molecule has 3 rings (SSSR count). The first-order valence-electron chi connectivity index (χ1n) is 9.19. The molecule has 0 bridgehead atoms. The predicted octanol–water partition coefficient (Wildman–Crippen LogP) is 4.97. The number of Topliss-reactive ketones (excluding diaryl/α,β-unsaturated/α-hetero) is 1. The molecule has 0 fully saturated rings.